The van der Waals surface area contributed by atoms with Gasteiger partial charge in [-0.15, -0.1) is 0 Å². The first-order valence-corrected chi connectivity index (χ1v) is 6.50. The van der Waals surface area contributed by atoms with Crippen molar-refractivity contribution in [3.05, 3.63) is 30.2 Å². The lowest BCUT2D eigenvalue weighted by atomic mass is 10.3. The summed E-state index contributed by atoms with van der Waals surface area (Å²) < 4.78 is 5.05. The van der Waals surface area contributed by atoms with Crippen LogP contribution in [0.2, 0.25) is 0 Å². The molecule has 0 bridgehead atoms. The summed E-state index contributed by atoms with van der Waals surface area (Å²) in [5.74, 6) is 1.32. The third-order valence-corrected chi connectivity index (χ3v) is 2.55. The minimum atomic E-state index is 0.651. The highest BCUT2D eigenvalue weighted by atomic mass is 16.5. The fraction of sp³-hybridized carbons (Fsp3) is 0.462. The molecule has 0 aromatic carbocycles. The van der Waals surface area contributed by atoms with Crippen molar-refractivity contribution in [2.45, 2.75) is 26.7 Å². The van der Waals surface area contributed by atoms with Crippen molar-refractivity contribution in [1.82, 2.24) is 15.1 Å². The molecule has 19 heavy (non-hydrogen) atoms. The summed E-state index contributed by atoms with van der Waals surface area (Å²) in [6.45, 7) is 5.63. The monoisotopic (exact) mass is 261 g/mol. The van der Waals surface area contributed by atoms with Gasteiger partial charge in [-0.05, 0) is 19.4 Å². The Hall–Kier alpha value is -2.11. The fourth-order valence-corrected chi connectivity index (χ4v) is 1.66. The molecular weight excluding hydrogens is 242 g/mol. The standard InChI is InChI=1S/C13H19N5O/c1-3-5-15-11-7-12(9-14-8-11)16-6-4-13-17-10(2)18-19-13/h7-9,15-16H,3-6H2,1-2H3. The number of hydrogen-bond donors (Lipinski definition) is 2. The maximum atomic E-state index is 5.05. The Bertz CT molecular complexity index is 511. The molecule has 0 radical (unpaired) electrons. The van der Waals surface area contributed by atoms with Gasteiger partial charge in [0.05, 0.1) is 23.8 Å². The highest BCUT2D eigenvalue weighted by molar-refractivity contribution is 5.53. The van der Waals surface area contributed by atoms with Crippen LogP contribution in [0.15, 0.2) is 23.0 Å². The highest BCUT2D eigenvalue weighted by Crippen LogP contribution is 2.12. The van der Waals surface area contributed by atoms with Crippen molar-refractivity contribution in [3.8, 4) is 0 Å². The fourth-order valence-electron chi connectivity index (χ4n) is 1.66. The van der Waals surface area contributed by atoms with Crippen LogP contribution in [-0.4, -0.2) is 28.2 Å². The second-order valence-corrected chi connectivity index (χ2v) is 4.30. The minimum Gasteiger partial charge on any atom is -0.384 e. The maximum Gasteiger partial charge on any atom is 0.228 e. The molecular formula is C13H19N5O. The van der Waals surface area contributed by atoms with Gasteiger partial charge in [-0.2, -0.15) is 4.98 Å². The SMILES string of the molecule is CCCNc1cncc(NCCc2nc(C)no2)c1. The number of hydrogen-bond acceptors (Lipinski definition) is 6. The third-order valence-electron chi connectivity index (χ3n) is 2.55. The molecule has 0 saturated carbocycles. The van der Waals surface area contributed by atoms with E-state index in [0.717, 1.165) is 30.9 Å². The van der Waals surface area contributed by atoms with Crippen molar-refractivity contribution in [3.63, 3.8) is 0 Å². The first-order chi connectivity index (χ1) is 9.28. The molecule has 0 saturated heterocycles. The van der Waals surface area contributed by atoms with Gasteiger partial charge in [-0.3, -0.25) is 4.98 Å². The Morgan fingerprint density at radius 1 is 1.16 bits per heavy atom. The molecule has 0 amide bonds. The van der Waals surface area contributed by atoms with Crippen LogP contribution in [0.25, 0.3) is 0 Å². The number of aromatic nitrogens is 3. The zero-order valence-electron chi connectivity index (χ0n) is 11.3. The smallest absolute Gasteiger partial charge is 0.228 e. The van der Waals surface area contributed by atoms with Crippen LogP contribution in [0.4, 0.5) is 11.4 Å². The van der Waals surface area contributed by atoms with Gasteiger partial charge in [-0.25, -0.2) is 0 Å². The second kappa shape index (κ2) is 6.72. The van der Waals surface area contributed by atoms with E-state index in [9.17, 15) is 0 Å². The summed E-state index contributed by atoms with van der Waals surface area (Å²) in [4.78, 5) is 8.35. The zero-order chi connectivity index (χ0) is 13.5. The highest BCUT2D eigenvalue weighted by Gasteiger charge is 2.02. The average Bonchev–Trinajstić information content (AvgIpc) is 2.83. The van der Waals surface area contributed by atoms with Crippen LogP contribution in [-0.2, 0) is 6.42 Å². The van der Waals surface area contributed by atoms with Crippen LogP contribution >= 0.6 is 0 Å². The van der Waals surface area contributed by atoms with E-state index in [1.807, 2.05) is 19.2 Å². The molecule has 0 aliphatic rings. The number of nitrogens with one attached hydrogen (secondary N) is 2. The topological polar surface area (TPSA) is 75.9 Å². The van der Waals surface area contributed by atoms with E-state index in [4.69, 9.17) is 4.52 Å². The molecule has 6 nitrogen and oxygen atoms in total. The molecule has 0 spiro atoms. The van der Waals surface area contributed by atoms with Crippen LogP contribution in [0.3, 0.4) is 0 Å². The molecule has 0 atom stereocenters. The number of rotatable bonds is 7. The van der Waals surface area contributed by atoms with Gasteiger partial charge in [0.15, 0.2) is 5.82 Å². The first kappa shape index (κ1) is 13.3. The van der Waals surface area contributed by atoms with Crippen LogP contribution < -0.4 is 10.6 Å². The van der Waals surface area contributed by atoms with E-state index >= 15 is 0 Å². The Balaban J connectivity index is 1.82. The van der Waals surface area contributed by atoms with E-state index in [-0.39, 0.29) is 0 Å². The van der Waals surface area contributed by atoms with Gasteiger partial charge >= 0.3 is 0 Å². The number of nitrogens with zero attached hydrogens (tertiary/aromatic N) is 3. The van der Waals surface area contributed by atoms with Crippen molar-refractivity contribution in [1.29, 1.82) is 0 Å². The third kappa shape index (κ3) is 4.24. The lowest BCUT2D eigenvalue weighted by Crippen LogP contribution is -2.06. The number of aryl methyl sites for hydroxylation is 1. The molecule has 0 aliphatic carbocycles. The predicted molar refractivity (Wildman–Crippen MR) is 74.2 cm³/mol. The summed E-state index contributed by atoms with van der Waals surface area (Å²) in [5, 5.41) is 10.3. The quantitative estimate of drug-likeness (QED) is 0.796. The van der Waals surface area contributed by atoms with Gasteiger partial charge < -0.3 is 15.2 Å². The lowest BCUT2D eigenvalue weighted by molar-refractivity contribution is 0.377. The Morgan fingerprint density at radius 2 is 1.89 bits per heavy atom. The largest absolute Gasteiger partial charge is 0.384 e. The Kier molecular flexibility index (Phi) is 4.72. The molecule has 0 fully saturated rings. The maximum absolute atomic E-state index is 5.05. The normalized spacial score (nSPS) is 10.4. The van der Waals surface area contributed by atoms with Gasteiger partial charge in [0.25, 0.3) is 0 Å². The van der Waals surface area contributed by atoms with E-state index in [0.29, 0.717) is 18.1 Å². The van der Waals surface area contributed by atoms with E-state index < -0.39 is 0 Å². The minimum absolute atomic E-state index is 0.651. The Morgan fingerprint density at radius 3 is 2.53 bits per heavy atom. The van der Waals surface area contributed by atoms with Crippen molar-refractivity contribution in [2.24, 2.45) is 0 Å². The Labute approximate surface area is 112 Å². The van der Waals surface area contributed by atoms with Crippen LogP contribution in [0, 0.1) is 6.92 Å². The molecule has 0 aliphatic heterocycles. The van der Waals surface area contributed by atoms with Crippen molar-refractivity contribution < 1.29 is 4.52 Å². The molecule has 6 heteroatoms. The van der Waals surface area contributed by atoms with Crippen molar-refractivity contribution >= 4 is 11.4 Å². The molecule has 102 valence electrons. The molecule has 2 N–H and O–H groups in total. The van der Waals surface area contributed by atoms with Gasteiger partial charge in [0.2, 0.25) is 5.89 Å². The van der Waals surface area contributed by atoms with Gasteiger partial charge in [0, 0.05) is 19.5 Å². The molecule has 0 unspecified atom stereocenters. The van der Waals surface area contributed by atoms with Crippen LogP contribution in [0.1, 0.15) is 25.1 Å². The van der Waals surface area contributed by atoms with E-state index in [2.05, 4.69) is 32.7 Å². The lowest BCUT2D eigenvalue weighted by Gasteiger charge is -2.08. The van der Waals surface area contributed by atoms with Crippen molar-refractivity contribution in [2.75, 3.05) is 23.7 Å². The summed E-state index contributed by atoms with van der Waals surface area (Å²) in [6.07, 6.45) is 5.42. The average molecular weight is 261 g/mol. The molecule has 2 heterocycles. The summed E-state index contributed by atoms with van der Waals surface area (Å²) >= 11 is 0. The first-order valence-electron chi connectivity index (χ1n) is 6.50. The number of anilines is 2. The summed E-state index contributed by atoms with van der Waals surface area (Å²) in [7, 11) is 0. The molecule has 2 aromatic heterocycles. The zero-order valence-corrected chi connectivity index (χ0v) is 11.3. The molecule has 2 aromatic rings. The predicted octanol–water partition coefficient (Wildman–Crippen LogP) is 2.25. The van der Waals surface area contributed by atoms with Gasteiger partial charge in [-0.1, -0.05) is 12.1 Å². The van der Waals surface area contributed by atoms with Crippen LogP contribution in [0.5, 0.6) is 0 Å². The van der Waals surface area contributed by atoms with E-state index in [1.165, 1.54) is 0 Å². The summed E-state index contributed by atoms with van der Waals surface area (Å²) in [5.41, 5.74) is 2.01. The second-order valence-electron chi connectivity index (χ2n) is 4.30. The molecule has 2 rings (SSSR count). The van der Waals surface area contributed by atoms with E-state index in [1.54, 1.807) is 6.20 Å². The summed E-state index contributed by atoms with van der Waals surface area (Å²) in [6, 6.07) is 2.04. The van der Waals surface area contributed by atoms with Gasteiger partial charge in [0.1, 0.15) is 0 Å². The number of pyridine rings is 1.